The van der Waals surface area contributed by atoms with Gasteiger partial charge in [0, 0.05) is 24.8 Å². The molecule has 1 N–H and O–H groups in total. The molecule has 0 spiro atoms. The minimum atomic E-state index is -0.276. The molecule has 1 aromatic carbocycles. The molecule has 0 atom stereocenters. The largest absolute Gasteiger partial charge is 0.378 e. The maximum Gasteiger partial charge on any atom is 0.269 e. The van der Waals surface area contributed by atoms with Gasteiger partial charge >= 0.3 is 0 Å². The van der Waals surface area contributed by atoms with Gasteiger partial charge in [0.15, 0.2) is 0 Å². The van der Waals surface area contributed by atoms with E-state index in [0.29, 0.717) is 13.2 Å². The monoisotopic (exact) mass is 354 g/mol. The standard InChI is InChI=1S/C19H22N4O3/c24-18(21-17-6-2-4-14-3-1-5-16(14)17)13-23-19(25)11-15(12-20-23)22-7-9-26-10-8-22/h2,4,6,11-12H,1,3,5,7-10,13H2,(H,21,24). The van der Waals surface area contributed by atoms with Gasteiger partial charge in [-0.3, -0.25) is 9.59 Å². The van der Waals surface area contributed by atoms with Crippen molar-refractivity contribution in [3.05, 3.63) is 51.9 Å². The molecular weight excluding hydrogens is 332 g/mol. The van der Waals surface area contributed by atoms with E-state index in [0.717, 1.165) is 43.7 Å². The van der Waals surface area contributed by atoms with Crippen molar-refractivity contribution in [1.82, 2.24) is 9.78 Å². The van der Waals surface area contributed by atoms with Gasteiger partial charge < -0.3 is 15.0 Å². The molecule has 1 aromatic heterocycles. The lowest BCUT2D eigenvalue weighted by Crippen LogP contribution is -2.38. The van der Waals surface area contributed by atoms with E-state index in [1.165, 1.54) is 21.9 Å². The molecule has 1 amide bonds. The van der Waals surface area contributed by atoms with Gasteiger partial charge in [0.25, 0.3) is 5.56 Å². The van der Waals surface area contributed by atoms with Crippen LogP contribution in [0.15, 0.2) is 35.3 Å². The van der Waals surface area contributed by atoms with Crippen molar-refractivity contribution in [3.63, 3.8) is 0 Å². The zero-order chi connectivity index (χ0) is 17.9. The normalized spacial score (nSPS) is 16.4. The Kier molecular flexibility index (Phi) is 4.71. The van der Waals surface area contributed by atoms with E-state index in [4.69, 9.17) is 4.74 Å². The number of morpholine rings is 1. The summed E-state index contributed by atoms with van der Waals surface area (Å²) in [4.78, 5) is 26.8. The highest BCUT2D eigenvalue weighted by Crippen LogP contribution is 2.28. The van der Waals surface area contributed by atoms with Crippen LogP contribution in [0.3, 0.4) is 0 Å². The second kappa shape index (κ2) is 7.29. The lowest BCUT2D eigenvalue weighted by Gasteiger charge is -2.28. The van der Waals surface area contributed by atoms with Gasteiger partial charge in [-0.25, -0.2) is 4.68 Å². The molecule has 1 saturated heterocycles. The van der Waals surface area contributed by atoms with Gasteiger partial charge in [0.2, 0.25) is 5.91 Å². The average Bonchev–Trinajstić information content (AvgIpc) is 3.14. The van der Waals surface area contributed by atoms with E-state index in [1.807, 2.05) is 12.1 Å². The van der Waals surface area contributed by atoms with Gasteiger partial charge in [-0.2, -0.15) is 5.10 Å². The first-order valence-corrected chi connectivity index (χ1v) is 9.01. The Hall–Kier alpha value is -2.67. The van der Waals surface area contributed by atoms with Gasteiger partial charge in [0.1, 0.15) is 6.54 Å². The van der Waals surface area contributed by atoms with Crippen molar-refractivity contribution in [1.29, 1.82) is 0 Å². The highest BCUT2D eigenvalue weighted by molar-refractivity contribution is 5.91. The molecule has 7 heteroatoms. The number of aryl methyl sites for hydroxylation is 1. The molecule has 2 heterocycles. The van der Waals surface area contributed by atoms with Crippen molar-refractivity contribution >= 4 is 17.3 Å². The number of hydrogen-bond donors (Lipinski definition) is 1. The number of ether oxygens (including phenoxy) is 1. The van der Waals surface area contributed by atoms with E-state index in [9.17, 15) is 9.59 Å². The summed E-state index contributed by atoms with van der Waals surface area (Å²) in [5, 5.41) is 7.10. The molecule has 0 saturated carbocycles. The van der Waals surface area contributed by atoms with E-state index in [1.54, 1.807) is 6.20 Å². The summed E-state index contributed by atoms with van der Waals surface area (Å²) in [6, 6.07) is 7.52. The summed E-state index contributed by atoms with van der Waals surface area (Å²) < 4.78 is 6.51. The lowest BCUT2D eigenvalue weighted by molar-refractivity contribution is -0.117. The van der Waals surface area contributed by atoms with E-state index >= 15 is 0 Å². The zero-order valence-electron chi connectivity index (χ0n) is 14.6. The summed E-state index contributed by atoms with van der Waals surface area (Å²) in [5.41, 5.74) is 3.86. The van der Waals surface area contributed by atoms with Crippen LogP contribution < -0.4 is 15.8 Å². The fourth-order valence-electron chi connectivity index (χ4n) is 3.60. The fraction of sp³-hybridized carbons (Fsp3) is 0.421. The number of amides is 1. The SMILES string of the molecule is O=C(Cn1ncc(N2CCOCC2)cc1=O)Nc1cccc2c1CCC2. The Labute approximate surface area is 151 Å². The Balaban J connectivity index is 1.45. The van der Waals surface area contributed by atoms with Crippen LogP contribution in [0.5, 0.6) is 0 Å². The minimum absolute atomic E-state index is 0.0914. The second-order valence-corrected chi connectivity index (χ2v) is 6.65. The molecule has 2 aliphatic rings. The topological polar surface area (TPSA) is 76.5 Å². The molecule has 4 rings (SSSR count). The third kappa shape index (κ3) is 3.48. The van der Waals surface area contributed by atoms with Crippen LogP contribution in [-0.2, 0) is 28.9 Å². The summed E-state index contributed by atoms with van der Waals surface area (Å²) in [5.74, 6) is -0.237. The van der Waals surface area contributed by atoms with Crippen LogP contribution in [-0.4, -0.2) is 42.0 Å². The molecule has 7 nitrogen and oxygen atoms in total. The molecule has 136 valence electrons. The van der Waals surface area contributed by atoms with Crippen LogP contribution in [0.2, 0.25) is 0 Å². The van der Waals surface area contributed by atoms with Crippen LogP contribution in [0.1, 0.15) is 17.5 Å². The van der Waals surface area contributed by atoms with Gasteiger partial charge in [-0.15, -0.1) is 0 Å². The first-order valence-electron chi connectivity index (χ1n) is 9.01. The molecule has 26 heavy (non-hydrogen) atoms. The Morgan fingerprint density at radius 1 is 1.23 bits per heavy atom. The molecule has 1 aliphatic heterocycles. The number of hydrogen-bond acceptors (Lipinski definition) is 5. The Bertz CT molecular complexity index is 871. The maximum absolute atomic E-state index is 12.4. The predicted molar refractivity (Wildman–Crippen MR) is 98.6 cm³/mol. The number of rotatable bonds is 4. The van der Waals surface area contributed by atoms with Crippen LogP contribution >= 0.6 is 0 Å². The Morgan fingerprint density at radius 2 is 2.08 bits per heavy atom. The van der Waals surface area contributed by atoms with E-state index in [-0.39, 0.29) is 18.0 Å². The highest BCUT2D eigenvalue weighted by atomic mass is 16.5. The molecule has 0 unspecified atom stereocenters. The first kappa shape index (κ1) is 16.8. The number of aromatic nitrogens is 2. The average molecular weight is 354 g/mol. The van der Waals surface area contributed by atoms with E-state index in [2.05, 4.69) is 21.4 Å². The number of anilines is 2. The fourth-order valence-corrected chi connectivity index (χ4v) is 3.60. The maximum atomic E-state index is 12.4. The van der Waals surface area contributed by atoms with Crippen LogP contribution in [0, 0.1) is 0 Å². The summed E-state index contributed by atoms with van der Waals surface area (Å²) in [6.45, 7) is 2.68. The van der Waals surface area contributed by atoms with Crippen molar-refractivity contribution < 1.29 is 9.53 Å². The second-order valence-electron chi connectivity index (χ2n) is 6.65. The van der Waals surface area contributed by atoms with Crippen molar-refractivity contribution in [2.45, 2.75) is 25.8 Å². The number of nitrogens with zero attached hydrogens (tertiary/aromatic N) is 3. The molecule has 0 radical (unpaired) electrons. The third-order valence-corrected chi connectivity index (χ3v) is 4.94. The van der Waals surface area contributed by atoms with Crippen molar-refractivity contribution in [2.24, 2.45) is 0 Å². The summed E-state index contributed by atoms with van der Waals surface area (Å²) >= 11 is 0. The van der Waals surface area contributed by atoms with E-state index < -0.39 is 0 Å². The van der Waals surface area contributed by atoms with Crippen molar-refractivity contribution in [2.75, 3.05) is 36.5 Å². The summed E-state index contributed by atoms with van der Waals surface area (Å²) in [7, 11) is 0. The van der Waals surface area contributed by atoms with Crippen LogP contribution in [0.4, 0.5) is 11.4 Å². The lowest BCUT2D eigenvalue weighted by atomic mass is 10.1. The van der Waals surface area contributed by atoms with Crippen molar-refractivity contribution in [3.8, 4) is 0 Å². The number of fused-ring (bicyclic) bond motifs is 1. The molecule has 2 aromatic rings. The first-order chi connectivity index (χ1) is 12.7. The number of nitrogens with one attached hydrogen (secondary N) is 1. The van der Waals surface area contributed by atoms with Gasteiger partial charge in [-0.05, 0) is 36.5 Å². The number of carbonyl (C=O) groups is 1. The van der Waals surface area contributed by atoms with Gasteiger partial charge in [0.05, 0.1) is 25.1 Å². The molecular formula is C19H22N4O3. The molecule has 1 fully saturated rings. The number of benzene rings is 1. The number of carbonyl (C=O) groups excluding carboxylic acids is 1. The Morgan fingerprint density at radius 3 is 2.88 bits per heavy atom. The minimum Gasteiger partial charge on any atom is -0.378 e. The molecule has 1 aliphatic carbocycles. The highest BCUT2D eigenvalue weighted by Gasteiger charge is 2.17. The smallest absolute Gasteiger partial charge is 0.269 e. The predicted octanol–water partition coefficient (Wildman–Crippen LogP) is 1.21. The van der Waals surface area contributed by atoms with Gasteiger partial charge in [-0.1, -0.05) is 12.1 Å². The molecule has 0 bridgehead atoms. The third-order valence-electron chi connectivity index (χ3n) is 4.94. The zero-order valence-corrected chi connectivity index (χ0v) is 14.6. The quantitative estimate of drug-likeness (QED) is 0.893. The van der Waals surface area contributed by atoms with Crippen LogP contribution in [0.25, 0.3) is 0 Å². The summed E-state index contributed by atoms with van der Waals surface area (Å²) in [6.07, 6.45) is 4.80.